The Hall–Kier alpha value is -2.11. The number of H-pyrrole nitrogens is 1. The second-order valence-electron chi connectivity index (χ2n) is 3.82. The van der Waals surface area contributed by atoms with Gasteiger partial charge in [-0.15, -0.1) is 0 Å². The second-order valence-corrected chi connectivity index (χ2v) is 3.82. The van der Waals surface area contributed by atoms with Crippen LogP contribution in [0.1, 0.15) is 24.2 Å². The van der Waals surface area contributed by atoms with Crippen LogP contribution in [0.3, 0.4) is 0 Å². The van der Waals surface area contributed by atoms with Crippen molar-refractivity contribution in [3.05, 3.63) is 18.0 Å². The van der Waals surface area contributed by atoms with E-state index in [2.05, 4.69) is 20.3 Å². The Kier molecular flexibility index (Phi) is 2.47. The van der Waals surface area contributed by atoms with E-state index in [1.54, 1.807) is 6.20 Å². The van der Waals surface area contributed by atoms with Gasteiger partial charge in [0.25, 0.3) is 5.91 Å². The number of aromatic amines is 1. The first-order valence-corrected chi connectivity index (χ1v) is 4.98. The number of rotatable bonds is 2. The van der Waals surface area contributed by atoms with Gasteiger partial charge >= 0.3 is 0 Å². The molecule has 0 aliphatic carbocycles. The fourth-order valence-corrected chi connectivity index (χ4v) is 1.42. The molecule has 0 saturated carbocycles. The Morgan fingerprint density at radius 2 is 2.31 bits per heavy atom. The summed E-state index contributed by atoms with van der Waals surface area (Å²) in [5.41, 5.74) is 7.05. The van der Waals surface area contributed by atoms with Crippen LogP contribution in [0.25, 0.3) is 11.2 Å². The second kappa shape index (κ2) is 3.80. The van der Waals surface area contributed by atoms with Crippen molar-refractivity contribution in [3.8, 4) is 0 Å². The third kappa shape index (κ3) is 1.81. The van der Waals surface area contributed by atoms with E-state index < -0.39 is 0 Å². The zero-order valence-corrected chi connectivity index (χ0v) is 9.11. The summed E-state index contributed by atoms with van der Waals surface area (Å²) in [6, 6.07) is 0.0754. The molecule has 84 valence electrons. The van der Waals surface area contributed by atoms with E-state index in [4.69, 9.17) is 5.73 Å². The molecular formula is C10H13N5O. The van der Waals surface area contributed by atoms with Crippen LogP contribution in [0.5, 0.6) is 0 Å². The molecule has 0 spiro atoms. The molecule has 0 radical (unpaired) electrons. The van der Waals surface area contributed by atoms with Gasteiger partial charge in [0, 0.05) is 12.2 Å². The van der Waals surface area contributed by atoms with Crippen molar-refractivity contribution in [2.75, 3.05) is 5.73 Å². The lowest BCUT2D eigenvalue weighted by molar-refractivity contribution is 0.0944. The first-order valence-electron chi connectivity index (χ1n) is 4.98. The van der Waals surface area contributed by atoms with Crippen molar-refractivity contribution in [1.82, 2.24) is 20.3 Å². The topological polar surface area (TPSA) is 96.7 Å². The number of aromatic nitrogens is 3. The van der Waals surface area contributed by atoms with E-state index in [9.17, 15) is 4.79 Å². The van der Waals surface area contributed by atoms with Crippen LogP contribution in [0, 0.1) is 0 Å². The fraction of sp³-hybridized carbons (Fsp3) is 0.300. The lowest BCUT2D eigenvalue weighted by atomic mass is 10.2. The first kappa shape index (κ1) is 10.4. The third-order valence-electron chi connectivity index (χ3n) is 2.06. The summed E-state index contributed by atoms with van der Waals surface area (Å²) in [5, 5.41) is 2.79. The molecule has 2 heterocycles. The number of hydrogen-bond acceptors (Lipinski definition) is 4. The lowest BCUT2D eigenvalue weighted by Gasteiger charge is -2.06. The van der Waals surface area contributed by atoms with Crippen molar-refractivity contribution in [2.45, 2.75) is 19.9 Å². The average molecular weight is 219 g/mol. The third-order valence-corrected chi connectivity index (χ3v) is 2.06. The highest BCUT2D eigenvalue weighted by atomic mass is 16.1. The number of amides is 1. The van der Waals surface area contributed by atoms with Gasteiger partial charge in [0.2, 0.25) is 0 Å². The van der Waals surface area contributed by atoms with Gasteiger partial charge in [0.05, 0.1) is 11.8 Å². The molecule has 1 amide bonds. The molecule has 16 heavy (non-hydrogen) atoms. The van der Waals surface area contributed by atoms with E-state index in [0.29, 0.717) is 22.5 Å². The highest BCUT2D eigenvalue weighted by Gasteiger charge is 2.14. The molecule has 0 saturated heterocycles. The van der Waals surface area contributed by atoms with Gasteiger partial charge in [-0.1, -0.05) is 0 Å². The number of nitrogens with zero attached hydrogens (tertiary/aromatic N) is 2. The van der Waals surface area contributed by atoms with E-state index in [0.717, 1.165) is 0 Å². The molecule has 6 nitrogen and oxygen atoms in total. The molecule has 0 unspecified atom stereocenters. The van der Waals surface area contributed by atoms with Gasteiger partial charge in [-0.2, -0.15) is 0 Å². The number of carbonyl (C=O) groups excluding carboxylic acids is 1. The molecule has 0 aliphatic rings. The Morgan fingerprint density at radius 3 is 3.00 bits per heavy atom. The lowest BCUT2D eigenvalue weighted by Crippen LogP contribution is -2.29. The maximum absolute atomic E-state index is 11.8. The van der Waals surface area contributed by atoms with Crippen LogP contribution in [-0.4, -0.2) is 26.9 Å². The summed E-state index contributed by atoms with van der Waals surface area (Å²) in [7, 11) is 0. The molecular weight excluding hydrogens is 206 g/mol. The zero-order valence-electron chi connectivity index (χ0n) is 9.11. The Balaban J connectivity index is 2.44. The number of fused-ring (bicyclic) bond motifs is 1. The predicted octanol–water partition coefficient (Wildman–Crippen LogP) is 0.678. The number of anilines is 1. The number of hydrogen-bond donors (Lipinski definition) is 3. The SMILES string of the molecule is CC(C)NC(=O)c1c[nH]c2ncc(N)nc12. The average Bonchev–Trinajstić information content (AvgIpc) is 2.59. The normalized spacial score (nSPS) is 10.9. The molecule has 2 rings (SSSR count). The van der Waals surface area contributed by atoms with Gasteiger partial charge in [-0.3, -0.25) is 4.79 Å². The zero-order chi connectivity index (χ0) is 11.7. The number of nitrogens with two attached hydrogens (primary N) is 1. The van der Waals surface area contributed by atoms with Crippen LogP contribution in [0.4, 0.5) is 5.82 Å². The largest absolute Gasteiger partial charge is 0.382 e. The van der Waals surface area contributed by atoms with Crippen molar-refractivity contribution in [2.24, 2.45) is 0 Å². The quantitative estimate of drug-likeness (QED) is 0.691. The van der Waals surface area contributed by atoms with Gasteiger partial charge < -0.3 is 16.0 Å². The minimum absolute atomic E-state index is 0.0754. The van der Waals surface area contributed by atoms with Crippen LogP contribution in [-0.2, 0) is 0 Å². The van der Waals surface area contributed by atoms with E-state index in [-0.39, 0.29) is 11.9 Å². The monoisotopic (exact) mass is 219 g/mol. The number of nitrogens with one attached hydrogen (secondary N) is 2. The Morgan fingerprint density at radius 1 is 1.56 bits per heavy atom. The van der Waals surface area contributed by atoms with Gasteiger partial charge in [-0.05, 0) is 13.8 Å². The predicted molar refractivity (Wildman–Crippen MR) is 60.9 cm³/mol. The van der Waals surface area contributed by atoms with Crippen molar-refractivity contribution < 1.29 is 4.79 Å². The molecule has 6 heteroatoms. The maximum Gasteiger partial charge on any atom is 0.255 e. The highest BCUT2D eigenvalue weighted by Crippen LogP contribution is 2.14. The Labute approximate surface area is 92.3 Å². The van der Waals surface area contributed by atoms with Crippen LogP contribution < -0.4 is 11.1 Å². The van der Waals surface area contributed by atoms with Gasteiger partial charge in [-0.25, -0.2) is 9.97 Å². The molecule has 0 aromatic carbocycles. The minimum Gasteiger partial charge on any atom is -0.382 e. The van der Waals surface area contributed by atoms with Crippen molar-refractivity contribution in [3.63, 3.8) is 0 Å². The van der Waals surface area contributed by atoms with E-state index >= 15 is 0 Å². The fourth-order valence-electron chi connectivity index (χ4n) is 1.42. The summed E-state index contributed by atoms with van der Waals surface area (Å²) in [6.07, 6.45) is 3.03. The molecule has 4 N–H and O–H groups in total. The van der Waals surface area contributed by atoms with E-state index in [1.165, 1.54) is 6.20 Å². The van der Waals surface area contributed by atoms with Crippen LogP contribution in [0.2, 0.25) is 0 Å². The molecule has 0 bridgehead atoms. The minimum atomic E-state index is -0.179. The Bertz CT molecular complexity index is 531. The summed E-state index contributed by atoms with van der Waals surface area (Å²) >= 11 is 0. The van der Waals surface area contributed by atoms with Crippen molar-refractivity contribution >= 4 is 22.9 Å². The molecule has 2 aromatic heterocycles. The van der Waals surface area contributed by atoms with Gasteiger partial charge in [0.1, 0.15) is 11.3 Å². The van der Waals surface area contributed by atoms with Crippen molar-refractivity contribution in [1.29, 1.82) is 0 Å². The molecule has 0 fully saturated rings. The first-order chi connectivity index (χ1) is 7.58. The summed E-state index contributed by atoms with van der Waals surface area (Å²) in [5.74, 6) is 0.117. The molecule has 2 aromatic rings. The summed E-state index contributed by atoms with van der Waals surface area (Å²) in [6.45, 7) is 3.79. The standard InChI is InChI=1S/C10H13N5O/c1-5(2)14-10(16)6-3-12-9-8(6)15-7(11)4-13-9/h3-5H,1-2H3,(H2,11,15)(H,12,13)(H,14,16). The number of nitrogen functional groups attached to an aromatic ring is 1. The van der Waals surface area contributed by atoms with Crippen LogP contribution in [0.15, 0.2) is 12.4 Å². The smallest absolute Gasteiger partial charge is 0.255 e. The summed E-state index contributed by atoms with van der Waals surface area (Å²) < 4.78 is 0. The highest BCUT2D eigenvalue weighted by molar-refractivity contribution is 6.04. The van der Waals surface area contributed by atoms with Gasteiger partial charge in [0.15, 0.2) is 5.65 Å². The maximum atomic E-state index is 11.8. The van der Waals surface area contributed by atoms with Crippen LogP contribution >= 0.6 is 0 Å². The molecule has 0 atom stereocenters. The summed E-state index contributed by atoms with van der Waals surface area (Å²) in [4.78, 5) is 22.8. The molecule has 0 aliphatic heterocycles. The number of carbonyl (C=O) groups is 1. The van der Waals surface area contributed by atoms with E-state index in [1.807, 2.05) is 13.8 Å².